The van der Waals surface area contributed by atoms with Crippen LogP contribution in [0.3, 0.4) is 0 Å². The fraction of sp³-hybridized carbons (Fsp3) is 0.500. The van der Waals surface area contributed by atoms with E-state index in [1.165, 1.54) is 0 Å². The summed E-state index contributed by atoms with van der Waals surface area (Å²) in [5, 5.41) is 10.4. The largest absolute Gasteiger partial charge is 0.386 e. The van der Waals surface area contributed by atoms with Gasteiger partial charge in [-0.2, -0.15) is 0 Å². The molecule has 0 saturated carbocycles. The second kappa shape index (κ2) is 6.02. The van der Waals surface area contributed by atoms with Gasteiger partial charge in [0, 0.05) is 16.9 Å². The average Bonchev–Trinajstić information content (AvgIpc) is 2.79. The molecule has 4 heteroatoms. The second-order valence-corrected chi connectivity index (χ2v) is 5.62. The van der Waals surface area contributed by atoms with Gasteiger partial charge in [-0.05, 0) is 18.9 Å². The molecule has 0 unspecified atom stereocenters. The molecule has 0 aromatic heterocycles. The Morgan fingerprint density at radius 2 is 2.11 bits per heavy atom. The lowest BCUT2D eigenvalue weighted by molar-refractivity contribution is -0.133. The minimum atomic E-state index is -0.612. The third-order valence-electron chi connectivity index (χ3n) is 3.59. The van der Waals surface area contributed by atoms with E-state index in [1.54, 1.807) is 0 Å². The van der Waals surface area contributed by atoms with Gasteiger partial charge in [0.2, 0.25) is 5.91 Å². The van der Waals surface area contributed by atoms with Crippen LogP contribution in [0.5, 0.6) is 0 Å². The molecule has 3 atom stereocenters. The number of nitrogens with zero attached hydrogens (tertiary/aromatic N) is 1. The summed E-state index contributed by atoms with van der Waals surface area (Å²) >= 11 is 2.31. The van der Waals surface area contributed by atoms with Gasteiger partial charge in [-0.3, -0.25) is 4.79 Å². The molecule has 1 aliphatic rings. The third-order valence-corrected chi connectivity index (χ3v) is 4.60. The molecule has 1 fully saturated rings. The molecule has 18 heavy (non-hydrogen) atoms. The molecule has 2 rings (SSSR count). The van der Waals surface area contributed by atoms with E-state index in [2.05, 4.69) is 22.6 Å². The lowest BCUT2D eigenvalue weighted by Gasteiger charge is -2.33. The summed E-state index contributed by atoms with van der Waals surface area (Å²) in [7, 11) is 0. The first-order chi connectivity index (χ1) is 8.65. The highest BCUT2D eigenvalue weighted by Gasteiger charge is 2.36. The van der Waals surface area contributed by atoms with Crippen molar-refractivity contribution in [3.05, 3.63) is 35.9 Å². The Hall–Kier alpha value is -0.620. The molecular weight excluding hydrogens is 341 g/mol. The molecule has 0 radical (unpaired) electrons. The molecule has 1 heterocycles. The Balaban J connectivity index is 2.15. The molecule has 0 aliphatic carbocycles. The average molecular weight is 359 g/mol. The van der Waals surface area contributed by atoms with E-state index in [-0.39, 0.29) is 18.0 Å². The van der Waals surface area contributed by atoms with Gasteiger partial charge in [-0.15, -0.1) is 0 Å². The summed E-state index contributed by atoms with van der Waals surface area (Å²) in [5.41, 5.74) is 0.872. The van der Waals surface area contributed by atoms with E-state index in [0.29, 0.717) is 6.42 Å². The van der Waals surface area contributed by atoms with Crippen molar-refractivity contribution in [2.75, 3.05) is 4.43 Å². The fourth-order valence-electron chi connectivity index (χ4n) is 2.55. The van der Waals surface area contributed by atoms with Crippen LogP contribution >= 0.6 is 22.6 Å². The zero-order chi connectivity index (χ0) is 13.1. The molecule has 3 nitrogen and oxygen atoms in total. The van der Waals surface area contributed by atoms with E-state index >= 15 is 0 Å². The Bertz CT molecular complexity index is 410. The summed E-state index contributed by atoms with van der Waals surface area (Å²) < 4.78 is 0.926. The van der Waals surface area contributed by atoms with Gasteiger partial charge in [-0.1, -0.05) is 52.9 Å². The topological polar surface area (TPSA) is 40.5 Å². The monoisotopic (exact) mass is 359 g/mol. The minimum absolute atomic E-state index is 0.165. The number of likely N-dealkylation sites (tertiary alicyclic amines) is 1. The summed E-state index contributed by atoms with van der Waals surface area (Å²) in [4.78, 5) is 13.8. The Labute approximate surface area is 121 Å². The molecule has 98 valence electrons. The number of rotatable bonds is 4. The lowest BCUT2D eigenvalue weighted by atomic mass is 10.0. The first-order valence-electron chi connectivity index (χ1n) is 6.25. The number of aliphatic hydroxyl groups is 1. The van der Waals surface area contributed by atoms with E-state index < -0.39 is 6.10 Å². The van der Waals surface area contributed by atoms with Gasteiger partial charge in [-0.25, -0.2) is 0 Å². The van der Waals surface area contributed by atoms with Crippen LogP contribution in [-0.2, 0) is 4.79 Å². The highest BCUT2D eigenvalue weighted by molar-refractivity contribution is 14.1. The maximum Gasteiger partial charge on any atom is 0.223 e. The lowest BCUT2D eigenvalue weighted by Crippen LogP contribution is -2.44. The van der Waals surface area contributed by atoms with Gasteiger partial charge in [0.15, 0.2) is 0 Å². The van der Waals surface area contributed by atoms with Crippen LogP contribution in [0.25, 0.3) is 0 Å². The first kappa shape index (κ1) is 13.8. The van der Waals surface area contributed by atoms with Crippen molar-refractivity contribution < 1.29 is 9.90 Å². The van der Waals surface area contributed by atoms with Gasteiger partial charge in [0.05, 0.1) is 12.1 Å². The van der Waals surface area contributed by atoms with Crippen LogP contribution in [-0.4, -0.2) is 32.4 Å². The quantitative estimate of drug-likeness (QED) is 0.663. The minimum Gasteiger partial charge on any atom is -0.386 e. The summed E-state index contributed by atoms with van der Waals surface area (Å²) in [5.74, 6) is 0.166. The standard InChI is InChI=1S/C14H18INO2/c1-10(14(18)11-5-3-2-4-6-11)16-12(9-15)7-8-13(16)17/h2-6,10,12,14,18H,7-9H2,1H3/t10-,12+,14-/m0/s1. The molecule has 1 N–H and O–H groups in total. The zero-order valence-electron chi connectivity index (χ0n) is 10.4. The number of hydrogen-bond donors (Lipinski definition) is 1. The number of halogens is 1. The smallest absolute Gasteiger partial charge is 0.223 e. The van der Waals surface area contributed by atoms with Gasteiger partial charge >= 0.3 is 0 Å². The molecular formula is C14H18INO2. The number of carbonyl (C=O) groups excluding carboxylic acids is 1. The molecule has 1 aliphatic heterocycles. The number of alkyl halides is 1. The summed E-state index contributed by atoms with van der Waals surface area (Å²) in [6.45, 7) is 1.93. The summed E-state index contributed by atoms with van der Waals surface area (Å²) in [6, 6.07) is 9.66. The molecule has 0 bridgehead atoms. The highest BCUT2D eigenvalue weighted by atomic mass is 127. The first-order valence-corrected chi connectivity index (χ1v) is 7.78. The van der Waals surface area contributed by atoms with Crippen molar-refractivity contribution in [1.29, 1.82) is 0 Å². The van der Waals surface area contributed by atoms with Crippen molar-refractivity contribution in [1.82, 2.24) is 4.90 Å². The third kappa shape index (κ3) is 2.69. The van der Waals surface area contributed by atoms with Gasteiger partial charge in [0.25, 0.3) is 0 Å². The van der Waals surface area contributed by atoms with Crippen molar-refractivity contribution in [3.8, 4) is 0 Å². The Morgan fingerprint density at radius 3 is 2.72 bits per heavy atom. The van der Waals surface area contributed by atoms with E-state index in [9.17, 15) is 9.90 Å². The van der Waals surface area contributed by atoms with Crippen molar-refractivity contribution in [2.24, 2.45) is 0 Å². The normalized spacial score (nSPS) is 23.2. The van der Waals surface area contributed by atoms with E-state index in [1.807, 2.05) is 42.2 Å². The maximum absolute atomic E-state index is 11.9. The van der Waals surface area contributed by atoms with Crippen molar-refractivity contribution in [2.45, 2.75) is 38.0 Å². The van der Waals surface area contributed by atoms with Crippen molar-refractivity contribution in [3.63, 3.8) is 0 Å². The van der Waals surface area contributed by atoms with Gasteiger partial charge in [0.1, 0.15) is 0 Å². The van der Waals surface area contributed by atoms with Crippen molar-refractivity contribution >= 4 is 28.5 Å². The Kier molecular flexibility index (Phi) is 4.61. The van der Waals surface area contributed by atoms with E-state index in [0.717, 1.165) is 16.4 Å². The van der Waals surface area contributed by atoms with E-state index in [4.69, 9.17) is 0 Å². The van der Waals surface area contributed by atoms with Crippen LogP contribution in [0.1, 0.15) is 31.4 Å². The summed E-state index contributed by atoms with van der Waals surface area (Å²) in [6.07, 6.45) is 0.909. The SMILES string of the molecule is C[C@@H]([C@H](O)c1ccccc1)N1C(=O)CC[C@@H]1CI. The predicted octanol–water partition coefficient (Wildman–Crippen LogP) is 2.53. The molecule has 1 saturated heterocycles. The molecule has 1 aromatic rings. The molecule has 0 spiro atoms. The maximum atomic E-state index is 11.9. The van der Waals surface area contributed by atoms with Crippen LogP contribution in [0.15, 0.2) is 30.3 Å². The number of carbonyl (C=O) groups is 1. The highest BCUT2D eigenvalue weighted by Crippen LogP contribution is 2.29. The van der Waals surface area contributed by atoms with Crippen LogP contribution in [0, 0.1) is 0 Å². The predicted molar refractivity (Wildman–Crippen MR) is 79.6 cm³/mol. The van der Waals surface area contributed by atoms with Crippen LogP contribution in [0.4, 0.5) is 0 Å². The molecule has 1 amide bonds. The second-order valence-electron chi connectivity index (χ2n) is 4.74. The number of hydrogen-bond acceptors (Lipinski definition) is 2. The Morgan fingerprint density at radius 1 is 1.44 bits per heavy atom. The number of amides is 1. The van der Waals surface area contributed by atoms with Gasteiger partial charge < -0.3 is 10.0 Å². The fourth-order valence-corrected chi connectivity index (χ4v) is 3.42. The number of benzene rings is 1. The molecule has 1 aromatic carbocycles. The zero-order valence-corrected chi connectivity index (χ0v) is 12.6. The number of aliphatic hydroxyl groups excluding tert-OH is 1. The van der Waals surface area contributed by atoms with Crippen LogP contribution < -0.4 is 0 Å². The van der Waals surface area contributed by atoms with Crippen LogP contribution in [0.2, 0.25) is 0 Å².